The van der Waals surface area contributed by atoms with E-state index in [-0.39, 0.29) is 12.0 Å². The first-order valence-corrected chi connectivity index (χ1v) is 6.56. The van der Waals surface area contributed by atoms with Gasteiger partial charge in [-0.25, -0.2) is 0 Å². The number of carbonyl (C=O) groups is 1. The van der Waals surface area contributed by atoms with Gasteiger partial charge in [-0.15, -0.1) is 0 Å². The van der Waals surface area contributed by atoms with Crippen LogP contribution in [0.15, 0.2) is 36.5 Å². The largest absolute Gasteiger partial charge is 0.391 e. The van der Waals surface area contributed by atoms with E-state index >= 15 is 0 Å². The van der Waals surface area contributed by atoms with Gasteiger partial charge in [-0.3, -0.25) is 9.78 Å². The number of β-amino-alcohol motifs (C(OH)–C–C–N with tert-alkyl or cyclic N) is 1. The molecule has 4 nitrogen and oxygen atoms in total. The number of fused-ring (bicyclic) bond motifs is 1. The molecule has 0 bridgehead atoms. The minimum absolute atomic E-state index is 0.00972. The minimum Gasteiger partial charge on any atom is -0.391 e. The van der Waals surface area contributed by atoms with Crippen LogP contribution >= 0.6 is 0 Å². The van der Waals surface area contributed by atoms with Crippen LogP contribution in [0, 0.1) is 0 Å². The van der Waals surface area contributed by atoms with E-state index in [2.05, 4.69) is 4.98 Å². The van der Waals surface area contributed by atoms with Crippen molar-refractivity contribution in [3.63, 3.8) is 0 Å². The highest BCUT2D eigenvalue weighted by atomic mass is 16.3. The highest BCUT2D eigenvalue weighted by Gasteiger charge is 2.23. The molecule has 0 spiro atoms. The number of carbonyl (C=O) groups excluding carboxylic acids is 1. The Hall–Kier alpha value is -1.94. The van der Waals surface area contributed by atoms with Crippen molar-refractivity contribution in [2.24, 2.45) is 0 Å². The summed E-state index contributed by atoms with van der Waals surface area (Å²) in [5, 5.41) is 10.6. The lowest BCUT2D eigenvalue weighted by Gasteiger charge is -2.30. The summed E-state index contributed by atoms with van der Waals surface area (Å²) in [7, 11) is 0. The SMILES string of the molecule is O=C(c1ccc2ncccc2c1)N1CCC[C@H](O)C1. The van der Waals surface area contributed by atoms with Crippen LogP contribution in [0.3, 0.4) is 0 Å². The average molecular weight is 256 g/mol. The first-order valence-electron chi connectivity index (χ1n) is 6.56. The number of likely N-dealkylation sites (tertiary alicyclic amines) is 1. The Morgan fingerprint density at radius 3 is 3.11 bits per heavy atom. The quantitative estimate of drug-likeness (QED) is 0.847. The van der Waals surface area contributed by atoms with E-state index in [0.717, 1.165) is 30.3 Å². The fraction of sp³-hybridized carbons (Fsp3) is 0.333. The third kappa shape index (κ3) is 2.44. The van der Waals surface area contributed by atoms with E-state index < -0.39 is 0 Å². The van der Waals surface area contributed by atoms with Crippen LogP contribution in [0.4, 0.5) is 0 Å². The summed E-state index contributed by atoms with van der Waals surface area (Å²) in [4.78, 5) is 18.4. The molecule has 2 heterocycles. The monoisotopic (exact) mass is 256 g/mol. The topological polar surface area (TPSA) is 53.4 Å². The molecule has 1 aliphatic rings. The lowest BCUT2D eigenvalue weighted by Crippen LogP contribution is -2.42. The summed E-state index contributed by atoms with van der Waals surface area (Å²) in [6.45, 7) is 1.16. The average Bonchev–Trinajstić information content (AvgIpc) is 2.46. The van der Waals surface area contributed by atoms with Crippen molar-refractivity contribution in [3.05, 3.63) is 42.1 Å². The highest BCUT2D eigenvalue weighted by Crippen LogP contribution is 2.17. The van der Waals surface area contributed by atoms with E-state index in [1.807, 2.05) is 24.3 Å². The molecule has 0 unspecified atom stereocenters. The first-order chi connectivity index (χ1) is 9.24. The van der Waals surface area contributed by atoms with Gasteiger partial charge in [0.15, 0.2) is 0 Å². The maximum atomic E-state index is 12.4. The van der Waals surface area contributed by atoms with Crippen LogP contribution in [-0.4, -0.2) is 40.1 Å². The van der Waals surface area contributed by atoms with Gasteiger partial charge in [-0.2, -0.15) is 0 Å². The van der Waals surface area contributed by atoms with Crippen molar-refractivity contribution in [2.45, 2.75) is 18.9 Å². The van der Waals surface area contributed by atoms with Gasteiger partial charge >= 0.3 is 0 Å². The lowest BCUT2D eigenvalue weighted by atomic mass is 10.1. The number of aromatic nitrogens is 1. The Labute approximate surface area is 111 Å². The number of amides is 1. The second-order valence-electron chi connectivity index (χ2n) is 4.96. The van der Waals surface area contributed by atoms with E-state index in [4.69, 9.17) is 0 Å². The molecule has 98 valence electrons. The molecule has 3 rings (SSSR count). The van der Waals surface area contributed by atoms with Gasteiger partial charge in [-0.05, 0) is 37.1 Å². The Balaban J connectivity index is 1.88. The number of benzene rings is 1. The predicted octanol–water partition coefficient (Wildman–Crippen LogP) is 1.83. The van der Waals surface area contributed by atoms with Crippen LogP contribution in [0.2, 0.25) is 0 Å². The van der Waals surface area contributed by atoms with Gasteiger partial charge in [0.2, 0.25) is 0 Å². The van der Waals surface area contributed by atoms with Gasteiger partial charge in [-0.1, -0.05) is 6.07 Å². The zero-order chi connectivity index (χ0) is 13.2. The van der Waals surface area contributed by atoms with E-state index in [0.29, 0.717) is 12.1 Å². The number of aliphatic hydroxyl groups excluding tert-OH is 1. The molecule has 0 aliphatic carbocycles. The molecule has 0 radical (unpaired) electrons. The number of hydrogen-bond donors (Lipinski definition) is 1. The van der Waals surface area contributed by atoms with Gasteiger partial charge in [0, 0.05) is 30.2 Å². The summed E-state index contributed by atoms with van der Waals surface area (Å²) in [6, 6.07) is 9.35. The normalized spacial score (nSPS) is 19.6. The Morgan fingerprint density at radius 2 is 2.26 bits per heavy atom. The number of hydrogen-bond acceptors (Lipinski definition) is 3. The molecule has 1 aromatic carbocycles. The zero-order valence-corrected chi connectivity index (χ0v) is 10.6. The smallest absolute Gasteiger partial charge is 0.253 e. The number of rotatable bonds is 1. The van der Waals surface area contributed by atoms with Crippen LogP contribution < -0.4 is 0 Å². The molecule has 1 N–H and O–H groups in total. The molecular weight excluding hydrogens is 240 g/mol. The molecule has 1 atom stereocenters. The van der Waals surface area contributed by atoms with Crippen molar-refractivity contribution < 1.29 is 9.90 Å². The molecule has 1 fully saturated rings. The fourth-order valence-electron chi connectivity index (χ4n) is 2.53. The summed E-state index contributed by atoms with van der Waals surface area (Å²) in [5.74, 6) is -0.00972. The summed E-state index contributed by atoms with van der Waals surface area (Å²) >= 11 is 0. The third-order valence-corrected chi connectivity index (χ3v) is 3.53. The van der Waals surface area contributed by atoms with Gasteiger partial charge in [0.05, 0.1) is 11.6 Å². The molecule has 2 aromatic rings. The highest BCUT2D eigenvalue weighted by molar-refractivity contribution is 5.98. The number of nitrogens with zero attached hydrogens (tertiary/aromatic N) is 2. The Bertz CT molecular complexity index is 612. The molecule has 0 saturated carbocycles. The maximum absolute atomic E-state index is 12.4. The number of pyridine rings is 1. The molecule has 1 aliphatic heterocycles. The van der Waals surface area contributed by atoms with Crippen molar-refractivity contribution in [1.82, 2.24) is 9.88 Å². The predicted molar refractivity (Wildman–Crippen MR) is 72.9 cm³/mol. The molecule has 19 heavy (non-hydrogen) atoms. The molecule has 4 heteroatoms. The molecular formula is C15H16N2O2. The first kappa shape index (κ1) is 12.1. The molecule has 1 aromatic heterocycles. The second-order valence-corrected chi connectivity index (χ2v) is 4.96. The lowest BCUT2D eigenvalue weighted by molar-refractivity contribution is 0.0474. The van der Waals surface area contributed by atoms with Crippen LogP contribution in [-0.2, 0) is 0 Å². The number of aliphatic hydroxyl groups is 1. The summed E-state index contributed by atoms with van der Waals surface area (Å²) in [6.07, 6.45) is 3.00. The van der Waals surface area contributed by atoms with E-state index in [9.17, 15) is 9.90 Å². The van der Waals surface area contributed by atoms with E-state index in [1.165, 1.54) is 0 Å². The van der Waals surface area contributed by atoms with Crippen LogP contribution in [0.1, 0.15) is 23.2 Å². The fourth-order valence-corrected chi connectivity index (χ4v) is 2.53. The maximum Gasteiger partial charge on any atom is 0.253 e. The Kier molecular flexibility index (Phi) is 3.17. The van der Waals surface area contributed by atoms with Crippen LogP contribution in [0.5, 0.6) is 0 Å². The zero-order valence-electron chi connectivity index (χ0n) is 10.6. The van der Waals surface area contributed by atoms with Gasteiger partial charge < -0.3 is 10.0 Å². The second kappa shape index (κ2) is 4.97. The third-order valence-electron chi connectivity index (χ3n) is 3.53. The van der Waals surface area contributed by atoms with Gasteiger partial charge in [0.25, 0.3) is 5.91 Å². The van der Waals surface area contributed by atoms with Crippen molar-refractivity contribution in [3.8, 4) is 0 Å². The molecule has 1 amide bonds. The standard InChI is InChI=1S/C15H16N2O2/c18-13-4-2-8-17(10-13)15(19)12-5-6-14-11(9-12)3-1-7-16-14/h1,3,5-7,9,13,18H,2,4,8,10H2/t13-/m0/s1. The minimum atomic E-state index is -0.389. The van der Waals surface area contributed by atoms with Crippen LogP contribution in [0.25, 0.3) is 10.9 Å². The summed E-state index contributed by atoms with van der Waals surface area (Å²) in [5.41, 5.74) is 1.55. The van der Waals surface area contributed by atoms with Crippen molar-refractivity contribution in [1.29, 1.82) is 0 Å². The molecule has 1 saturated heterocycles. The van der Waals surface area contributed by atoms with E-state index in [1.54, 1.807) is 17.2 Å². The van der Waals surface area contributed by atoms with Crippen molar-refractivity contribution >= 4 is 16.8 Å². The van der Waals surface area contributed by atoms with Gasteiger partial charge in [0.1, 0.15) is 0 Å². The Morgan fingerprint density at radius 1 is 1.37 bits per heavy atom. The summed E-state index contributed by atoms with van der Waals surface area (Å²) < 4.78 is 0. The van der Waals surface area contributed by atoms with Crippen molar-refractivity contribution in [2.75, 3.05) is 13.1 Å². The number of piperidine rings is 1.